The highest BCUT2D eigenvalue weighted by molar-refractivity contribution is 8.07. The van der Waals surface area contributed by atoms with Gasteiger partial charge in [0.1, 0.15) is 18.0 Å². The number of halogens is 3. The molecule has 0 spiro atoms. The summed E-state index contributed by atoms with van der Waals surface area (Å²) in [6.07, 6.45) is 7.75. The SMILES string of the molecule is C/C=C\c1c(/C(=C/Cl)SC)n(CC(=O)O)c2nc(N(CC3CC3)C3CC(OC(F)F)C3)ccc2c1=O. The van der Waals surface area contributed by atoms with Crippen molar-refractivity contribution in [1.29, 1.82) is 0 Å². The lowest BCUT2D eigenvalue weighted by Gasteiger charge is -2.43. The zero-order chi connectivity index (χ0) is 26.0. The Kier molecular flexibility index (Phi) is 8.37. The van der Waals surface area contributed by atoms with Crippen LogP contribution < -0.4 is 10.3 Å². The lowest BCUT2D eigenvalue weighted by molar-refractivity contribution is -0.183. The Morgan fingerprint density at radius 1 is 1.39 bits per heavy atom. The van der Waals surface area contributed by atoms with E-state index < -0.39 is 25.2 Å². The average Bonchev–Trinajstić information content (AvgIpc) is 3.63. The number of pyridine rings is 2. The Morgan fingerprint density at radius 2 is 2.11 bits per heavy atom. The molecule has 11 heteroatoms. The predicted octanol–water partition coefficient (Wildman–Crippen LogP) is 5.40. The first-order chi connectivity index (χ1) is 17.3. The van der Waals surface area contributed by atoms with Crippen molar-refractivity contribution in [2.24, 2.45) is 5.92 Å². The number of carboxylic acids is 1. The van der Waals surface area contributed by atoms with Gasteiger partial charge in [-0.1, -0.05) is 23.8 Å². The highest BCUT2D eigenvalue weighted by Gasteiger charge is 2.39. The first-order valence-corrected chi connectivity index (χ1v) is 13.4. The van der Waals surface area contributed by atoms with Gasteiger partial charge in [-0.05, 0) is 56.9 Å². The minimum atomic E-state index is -2.80. The summed E-state index contributed by atoms with van der Waals surface area (Å²) in [5.41, 5.74) is 2.03. The largest absolute Gasteiger partial charge is 0.480 e. The van der Waals surface area contributed by atoms with E-state index in [9.17, 15) is 23.5 Å². The molecule has 36 heavy (non-hydrogen) atoms. The lowest BCUT2D eigenvalue weighted by atomic mass is 9.87. The normalized spacial score (nSPS) is 20.3. The Hall–Kier alpha value is -2.43. The van der Waals surface area contributed by atoms with Gasteiger partial charge in [-0.15, -0.1) is 11.8 Å². The van der Waals surface area contributed by atoms with E-state index in [2.05, 4.69) is 9.64 Å². The number of aliphatic carboxylic acids is 1. The fourth-order valence-corrected chi connectivity index (χ4v) is 5.48. The van der Waals surface area contributed by atoms with E-state index in [1.807, 2.05) is 0 Å². The summed E-state index contributed by atoms with van der Waals surface area (Å²) in [5, 5.41) is 10.0. The van der Waals surface area contributed by atoms with Crippen LogP contribution in [0, 0.1) is 5.92 Å². The number of hydrogen-bond acceptors (Lipinski definition) is 6. The van der Waals surface area contributed by atoms with Crippen molar-refractivity contribution < 1.29 is 23.4 Å². The van der Waals surface area contributed by atoms with E-state index in [-0.39, 0.29) is 17.1 Å². The average molecular weight is 540 g/mol. The molecule has 0 unspecified atom stereocenters. The molecule has 1 N–H and O–H groups in total. The van der Waals surface area contributed by atoms with Gasteiger partial charge in [-0.2, -0.15) is 8.78 Å². The molecule has 2 heterocycles. The molecule has 0 radical (unpaired) electrons. The molecule has 2 fully saturated rings. The third kappa shape index (κ3) is 5.60. The van der Waals surface area contributed by atoms with E-state index in [0.29, 0.717) is 46.1 Å². The Labute approximate surface area is 216 Å². The maximum atomic E-state index is 13.5. The number of fused-ring (bicyclic) bond motifs is 1. The summed E-state index contributed by atoms with van der Waals surface area (Å²) in [7, 11) is 0. The van der Waals surface area contributed by atoms with Gasteiger partial charge in [-0.25, -0.2) is 4.98 Å². The number of nitrogens with zero attached hydrogens (tertiary/aromatic N) is 3. The summed E-state index contributed by atoms with van der Waals surface area (Å²) < 4.78 is 31.4. The number of carbonyl (C=O) groups is 1. The summed E-state index contributed by atoms with van der Waals surface area (Å²) in [6, 6.07) is 3.40. The lowest BCUT2D eigenvalue weighted by Crippen LogP contribution is -2.50. The molecule has 0 atom stereocenters. The first kappa shape index (κ1) is 26.6. The number of alkyl halides is 2. The molecule has 194 valence electrons. The quantitative estimate of drug-likeness (QED) is 0.409. The molecule has 0 aromatic carbocycles. The maximum Gasteiger partial charge on any atom is 0.345 e. The molecular formula is C25H28ClF2N3O4S. The van der Waals surface area contributed by atoms with Crippen LogP contribution in [-0.4, -0.2) is 52.2 Å². The van der Waals surface area contributed by atoms with Crippen LogP contribution in [0.2, 0.25) is 0 Å². The molecule has 2 aromatic rings. The molecular weight excluding hydrogens is 512 g/mol. The number of carboxylic acid groups (broad SMARTS) is 1. The molecule has 0 bridgehead atoms. The van der Waals surface area contributed by atoms with Crippen LogP contribution in [0.4, 0.5) is 14.6 Å². The van der Waals surface area contributed by atoms with Crippen LogP contribution in [0.25, 0.3) is 22.0 Å². The van der Waals surface area contributed by atoms with Crippen LogP contribution >= 0.6 is 23.4 Å². The van der Waals surface area contributed by atoms with Crippen LogP contribution in [0.1, 0.15) is 43.9 Å². The number of thioether (sulfide) groups is 1. The second-order valence-electron chi connectivity index (χ2n) is 9.03. The van der Waals surface area contributed by atoms with Crippen molar-refractivity contribution in [2.75, 3.05) is 17.7 Å². The van der Waals surface area contributed by atoms with Crippen molar-refractivity contribution in [3.05, 3.63) is 45.2 Å². The van der Waals surface area contributed by atoms with Crippen molar-refractivity contribution in [3.8, 4) is 0 Å². The monoisotopic (exact) mass is 539 g/mol. The van der Waals surface area contributed by atoms with Gasteiger partial charge in [0.15, 0.2) is 5.43 Å². The smallest absolute Gasteiger partial charge is 0.345 e. The molecule has 0 amide bonds. The second-order valence-corrected chi connectivity index (χ2v) is 10.1. The van der Waals surface area contributed by atoms with E-state index in [0.717, 1.165) is 19.4 Å². The molecule has 2 saturated carbocycles. The fourth-order valence-electron chi connectivity index (χ4n) is 4.61. The maximum absolute atomic E-state index is 13.5. The molecule has 2 aliphatic rings. The summed E-state index contributed by atoms with van der Waals surface area (Å²) in [4.78, 5) is 32.8. The summed E-state index contributed by atoms with van der Waals surface area (Å²) >= 11 is 7.39. The molecule has 0 saturated heterocycles. The Morgan fingerprint density at radius 3 is 2.67 bits per heavy atom. The van der Waals surface area contributed by atoms with E-state index >= 15 is 0 Å². The van der Waals surface area contributed by atoms with Gasteiger partial charge in [-0.3, -0.25) is 9.59 Å². The van der Waals surface area contributed by atoms with Crippen LogP contribution in [0.3, 0.4) is 0 Å². The second kappa shape index (κ2) is 11.3. The van der Waals surface area contributed by atoms with Gasteiger partial charge < -0.3 is 19.3 Å². The van der Waals surface area contributed by atoms with Gasteiger partial charge in [0, 0.05) is 28.6 Å². The minimum Gasteiger partial charge on any atom is -0.480 e. The first-order valence-electron chi connectivity index (χ1n) is 11.7. The Balaban J connectivity index is 1.86. The van der Waals surface area contributed by atoms with Crippen molar-refractivity contribution in [1.82, 2.24) is 9.55 Å². The van der Waals surface area contributed by atoms with E-state index in [1.54, 1.807) is 37.5 Å². The molecule has 7 nitrogen and oxygen atoms in total. The number of ether oxygens (including phenoxy) is 1. The van der Waals surface area contributed by atoms with Gasteiger partial charge >= 0.3 is 12.6 Å². The van der Waals surface area contributed by atoms with Crippen molar-refractivity contribution in [3.63, 3.8) is 0 Å². The van der Waals surface area contributed by atoms with Crippen LogP contribution in [0.5, 0.6) is 0 Å². The number of allylic oxidation sites excluding steroid dienone is 1. The number of aromatic nitrogens is 2. The van der Waals surface area contributed by atoms with Crippen molar-refractivity contribution in [2.45, 2.75) is 57.9 Å². The summed E-state index contributed by atoms with van der Waals surface area (Å²) in [6.45, 7) is -0.728. The zero-order valence-corrected chi connectivity index (χ0v) is 21.6. The van der Waals surface area contributed by atoms with Crippen molar-refractivity contribution >= 4 is 57.2 Å². The predicted molar refractivity (Wildman–Crippen MR) is 140 cm³/mol. The number of hydrogen-bond donors (Lipinski definition) is 1. The van der Waals surface area contributed by atoms with Crippen LogP contribution in [0.15, 0.2) is 28.5 Å². The van der Waals surface area contributed by atoms with E-state index in [1.165, 1.54) is 21.9 Å². The third-order valence-electron chi connectivity index (χ3n) is 6.56. The molecule has 2 aliphatic carbocycles. The van der Waals surface area contributed by atoms with Gasteiger partial charge in [0.05, 0.1) is 17.2 Å². The molecule has 0 aliphatic heterocycles. The highest BCUT2D eigenvalue weighted by Crippen LogP contribution is 2.38. The zero-order valence-electron chi connectivity index (χ0n) is 20.0. The number of anilines is 1. The minimum absolute atomic E-state index is 0.0230. The molecule has 2 aromatic heterocycles. The standard InChI is InChI=1S/C25H28ClF2N3O4S/c1-3-4-17-22(19(11-26)36-2)31(13-21(32)33)24-18(23(17)34)7-8-20(29-24)30(12-14-5-6-14)15-9-16(10-15)35-25(27)28/h3-4,7-8,11,14-16,25H,5-6,9-10,12-13H2,1-2H3,(H,32,33)/b4-3-,19-11-. The third-order valence-corrected chi connectivity index (χ3v) is 7.66. The number of rotatable bonds is 11. The van der Waals surface area contributed by atoms with Gasteiger partial charge in [0.25, 0.3) is 0 Å². The topological polar surface area (TPSA) is 84.7 Å². The Bertz CT molecular complexity index is 1260. The van der Waals surface area contributed by atoms with Crippen LogP contribution in [-0.2, 0) is 16.1 Å². The summed E-state index contributed by atoms with van der Waals surface area (Å²) in [5.74, 6) is -0.0110. The highest BCUT2D eigenvalue weighted by atomic mass is 35.5. The van der Waals surface area contributed by atoms with E-state index in [4.69, 9.17) is 16.6 Å². The molecule has 4 rings (SSSR count). The van der Waals surface area contributed by atoms with Gasteiger partial charge in [0.2, 0.25) is 0 Å². The fraction of sp³-hybridized carbons (Fsp3) is 0.480.